The molecule has 0 aliphatic heterocycles. The molecule has 0 aromatic heterocycles. The van der Waals surface area contributed by atoms with E-state index >= 15 is 0 Å². The fourth-order valence-electron chi connectivity index (χ4n) is 8.41. The molecule has 0 spiro atoms. The Bertz CT molecular complexity index is 1860. The van der Waals surface area contributed by atoms with Gasteiger partial charge in [0, 0.05) is 19.3 Å². The molecule has 0 amide bonds. The monoisotopic (exact) mass is 1110 g/mol. The van der Waals surface area contributed by atoms with E-state index in [4.69, 9.17) is 14.2 Å². The lowest BCUT2D eigenvalue weighted by molar-refractivity contribution is -0.167. The van der Waals surface area contributed by atoms with Crippen molar-refractivity contribution < 1.29 is 28.6 Å². The number of esters is 3. The smallest absolute Gasteiger partial charge is 0.306 e. The lowest BCUT2D eigenvalue weighted by Crippen LogP contribution is -2.30. The Kier molecular flexibility index (Phi) is 62.9. The third kappa shape index (κ3) is 65.5. The van der Waals surface area contributed by atoms with Gasteiger partial charge < -0.3 is 14.2 Å². The molecular weight excluding hydrogens is 997 g/mol. The van der Waals surface area contributed by atoms with Gasteiger partial charge in [-0.15, -0.1) is 0 Å². The van der Waals surface area contributed by atoms with Crippen LogP contribution in [-0.4, -0.2) is 37.2 Å². The fourth-order valence-corrected chi connectivity index (χ4v) is 8.41. The van der Waals surface area contributed by atoms with Crippen molar-refractivity contribution in [2.24, 2.45) is 0 Å². The number of hydrogen-bond acceptors (Lipinski definition) is 6. The summed E-state index contributed by atoms with van der Waals surface area (Å²) in [5.41, 5.74) is 0. The summed E-state index contributed by atoms with van der Waals surface area (Å²) in [6.45, 7) is 6.35. The van der Waals surface area contributed by atoms with Crippen molar-refractivity contribution in [1.82, 2.24) is 0 Å². The molecule has 0 radical (unpaired) electrons. The molecule has 0 fully saturated rings. The highest BCUT2D eigenvalue weighted by molar-refractivity contribution is 5.71. The molecule has 0 aromatic carbocycles. The number of allylic oxidation sites excluding steroid dienone is 28. The first-order chi connectivity index (χ1) is 40.0. The molecule has 0 aliphatic carbocycles. The van der Waals surface area contributed by atoms with Gasteiger partial charge in [0.15, 0.2) is 6.10 Å². The first-order valence-electron chi connectivity index (χ1n) is 32.6. The van der Waals surface area contributed by atoms with Crippen molar-refractivity contribution in [1.29, 1.82) is 0 Å². The van der Waals surface area contributed by atoms with E-state index in [1.807, 2.05) is 0 Å². The van der Waals surface area contributed by atoms with Gasteiger partial charge in [-0.2, -0.15) is 0 Å². The van der Waals surface area contributed by atoms with Crippen LogP contribution in [-0.2, 0) is 28.6 Å². The van der Waals surface area contributed by atoms with Crippen LogP contribution in [0.25, 0.3) is 0 Å². The number of unbranched alkanes of at least 4 members (excludes halogenated alkanes) is 18. The third-order valence-corrected chi connectivity index (χ3v) is 13.2. The molecule has 0 aliphatic rings. The summed E-state index contributed by atoms with van der Waals surface area (Å²) in [5, 5.41) is 0. The van der Waals surface area contributed by atoms with E-state index in [1.54, 1.807) is 0 Å². The lowest BCUT2D eigenvalue weighted by Gasteiger charge is -2.18. The number of carbonyl (C=O) groups excluding carboxylic acids is 3. The minimum Gasteiger partial charge on any atom is -0.462 e. The van der Waals surface area contributed by atoms with Gasteiger partial charge in [-0.1, -0.05) is 287 Å². The zero-order valence-electron chi connectivity index (χ0n) is 52.0. The van der Waals surface area contributed by atoms with E-state index in [0.717, 1.165) is 154 Å². The van der Waals surface area contributed by atoms with Crippen molar-refractivity contribution in [2.75, 3.05) is 13.2 Å². The molecule has 0 N–H and O–H groups in total. The van der Waals surface area contributed by atoms with Gasteiger partial charge in [0.1, 0.15) is 13.2 Å². The van der Waals surface area contributed by atoms with Crippen LogP contribution in [0.2, 0.25) is 0 Å². The zero-order valence-corrected chi connectivity index (χ0v) is 52.0. The second kappa shape index (κ2) is 67.3. The van der Waals surface area contributed by atoms with Crippen LogP contribution in [0, 0.1) is 0 Å². The van der Waals surface area contributed by atoms with Crippen molar-refractivity contribution in [3.8, 4) is 0 Å². The van der Waals surface area contributed by atoms with Crippen molar-refractivity contribution in [3.05, 3.63) is 170 Å². The Labute approximate surface area is 498 Å². The third-order valence-electron chi connectivity index (χ3n) is 13.2. The zero-order chi connectivity index (χ0) is 58.5. The molecule has 1 atom stereocenters. The number of ether oxygens (including phenoxy) is 3. The average Bonchev–Trinajstić information content (AvgIpc) is 3.46. The minimum absolute atomic E-state index is 0.110. The number of hydrogen-bond donors (Lipinski definition) is 0. The van der Waals surface area contributed by atoms with E-state index in [2.05, 4.69) is 191 Å². The summed E-state index contributed by atoms with van der Waals surface area (Å²) in [6, 6.07) is 0. The minimum atomic E-state index is -0.821. The van der Waals surface area contributed by atoms with Crippen molar-refractivity contribution in [2.45, 2.75) is 271 Å². The van der Waals surface area contributed by atoms with Crippen LogP contribution in [0.5, 0.6) is 0 Å². The van der Waals surface area contributed by atoms with Gasteiger partial charge in [0.05, 0.1) is 0 Å². The molecule has 0 rings (SSSR count). The Morgan fingerprint density at radius 3 is 0.802 bits per heavy atom. The van der Waals surface area contributed by atoms with Crippen molar-refractivity contribution in [3.63, 3.8) is 0 Å². The van der Waals surface area contributed by atoms with E-state index in [1.165, 1.54) is 64.2 Å². The summed E-state index contributed by atoms with van der Waals surface area (Å²) < 4.78 is 16.9. The van der Waals surface area contributed by atoms with Gasteiger partial charge in [-0.05, 0) is 128 Å². The number of carbonyl (C=O) groups is 3. The van der Waals surface area contributed by atoms with Crippen LogP contribution in [0.1, 0.15) is 265 Å². The molecule has 0 heterocycles. The van der Waals surface area contributed by atoms with Crippen LogP contribution in [0.4, 0.5) is 0 Å². The molecule has 0 bridgehead atoms. The van der Waals surface area contributed by atoms with Gasteiger partial charge in [-0.25, -0.2) is 0 Å². The maximum Gasteiger partial charge on any atom is 0.306 e. The van der Waals surface area contributed by atoms with E-state index < -0.39 is 6.10 Å². The van der Waals surface area contributed by atoms with Crippen LogP contribution >= 0.6 is 0 Å². The van der Waals surface area contributed by atoms with Gasteiger partial charge >= 0.3 is 17.9 Å². The van der Waals surface area contributed by atoms with E-state index in [9.17, 15) is 14.4 Å². The summed E-state index contributed by atoms with van der Waals surface area (Å²) in [4.78, 5) is 38.3. The molecule has 6 nitrogen and oxygen atoms in total. The first-order valence-corrected chi connectivity index (χ1v) is 32.6. The SMILES string of the molecule is CC/C=C\C/C=C\C/C=C\C/C=C\C/C=C\C/C=C\C/C=C\C/C=C\C/C=C\CCCC(=O)OCC(COC(=O)CCCCCCCCCCCCCCC)OC(=O)CCCCCCC/C=C\C/C=C\C/C=C\C/C=C\C/C=C\CC. The van der Waals surface area contributed by atoms with Gasteiger partial charge in [0.2, 0.25) is 0 Å². The van der Waals surface area contributed by atoms with E-state index in [-0.39, 0.29) is 44.0 Å². The maximum absolute atomic E-state index is 12.9. The highest BCUT2D eigenvalue weighted by Crippen LogP contribution is 2.15. The van der Waals surface area contributed by atoms with Gasteiger partial charge in [-0.3, -0.25) is 14.4 Å². The summed E-state index contributed by atoms with van der Waals surface area (Å²) in [5.74, 6) is -0.994. The highest BCUT2D eigenvalue weighted by Gasteiger charge is 2.19. The number of rotatable bonds is 57. The predicted molar refractivity (Wildman–Crippen MR) is 352 cm³/mol. The predicted octanol–water partition coefficient (Wildman–Crippen LogP) is 22.7. The second-order valence-electron chi connectivity index (χ2n) is 20.9. The molecule has 81 heavy (non-hydrogen) atoms. The van der Waals surface area contributed by atoms with E-state index in [0.29, 0.717) is 12.8 Å². The Hall–Kier alpha value is -5.23. The molecule has 0 saturated heterocycles. The average molecular weight is 1120 g/mol. The maximum atomic E-state index is 12.9. The van der Waals surface area contributed by atoms with Crippen molar-refractivity contribution >= 4 is 17.9 Å². The summed E-state index contributed by atoms with van der Waals surface area (Å²) in [7, 11) is 0. The summed E-state index contributed by atoms with van der Waals surface area (Å²) in [6.07, 6.45) is 99.3. The van der Waals surface area contributed by atoms with Crippen LogP contribution in [0.15, 0.2) is 170 Å². The molecule has 1 unspecified atom stereocenters. The Balaban J connectivity index is 4.50. The molecule has 454 valence electrons. The Morgan fingerprint density at radius 1 is 0.259 bits per heavy atom. The first kappa shape index (κ1) is 75.8. The Morgan fingerprint density at radius 2 is 0.494 bits per heavy atom. The summed E-state index contributed by atoms with van der Waals surface area (Å²) >= 11 is 0. The van der Waals surface area contributed by atoms with Crippen LogP contribution in [0.3, 0.4) is 0 Å². The normalized spacial score (nSPS) is 13.3. The fraction of sp³-hybridized carbons (Fsp3) is 0.587. The molecule has 0 saturated carbocycles. The topological polar surface area (TPSA) is 78.9 Å². The largest absolute Gasteiger partial charge is 0.462 e. The highest BCUT2D eigenvalue weighted by atomic mass is 16.6. The molecule has 0 aromatic rings. The quantitative estimate of drug-likeness (QED) is 0.0261. The van der Waals surface area contributed by atoms with Crippen LogP contribution < -0.4 is 0 Å². The van der Waals surface area contributed by atoms with Gasteiger partial charge in [0.25, 0.3) is 0 Å². The lowest BCUT2D eigenvalue weighted by atomic mass is 10.0. The molecule has 6 heteroatoms. The standard InChI is InChI=1S/C75H118O6/c1-4-7-10-13-16-19-22-25-27-29-31-33-34-35-36-37-38-39-40-42-43-45-47-50-53-56-59-62-65-68-74(77)80-71-72(70-79-73(76)67-64-61-58-55-52-49-24-21-18-15-12-9-6-3)81-75(78)69-66-63-60-57-54-51-48-46-44-41-32-30-28-26-23-20-17-14-11-8-5-2/h7-8,10-11,16-17,19-20,25-28,31-33,35-36,38-39,41-43,46-48,50,56,59,72H,4-6,9,12-15,18,21-24,29-30,34,37,40,44-45,49,51-55,57-58,60-71H2,1-3H3/b10-7-,11-8-,19-16-,20-17-,27-25-,28-26-,33-31-,36-35-,39-38-,41-32-,43-42-,48-46-,50-47-,59-56-. The molecular formula is C75H118O6. The second-order valence-corrected chi connectivity index (χ2v) is 20.9.